The van der Waals surface area contributed by atoms with Gasteiger partial charge in [0.1, 0.15) is 6.33 Å². The van der Waals surface area contributed by atoms with Crippen LogP contribution >= 0.6 is 0 Å². The Balaban J connectivity index is 2.09. The topological polar surface area (TPSA) is 117 Å². The molecule has 27 heavy (non-hydrogen) atoms. The van der Waals surface area contributed by atoms with Crippen LogP contribution in [0.2, 0.25) is 0 Å². The smallest absolute Gasteiger partial charge is 0.353 e. The molecule has 2 heterocycles. The monoisotopic (exact) mass is 368 g/mol. The molecule has 0 amide bonds. The van der Waals surface area contributed by atoms with Gasteiger partial charge in [0.25, 0.3) is 0 Å². The van der Waals surface area contributed by atoms with Gasteiger partial charge in [-0.05, 0) is 38.1 Å². The van der Waals surface area contributed by atoms with Crippen LogP contribution in [0.15, 0.2) is 36.7 Å². The number of fused-ring (bicyclic) bond motifs is 1. The number of hydrogen-bond donors (Lipinski definition) is 2. The molecule has 9 heteroatoms. The molecule has 0 fully saturated rings. The lowest BCUT2D eigenvalue weighted by atomic mass is 10.1. The van der Waals surface area contributed by atoms with Gasteiger partial charge < -0.3 is 15.3 Å². The van der Waals surface area contributed by atoms with Gasteiger partial charge in [0.15, 0.2) is 0 Å². The van der Waals surface area contributed by atoms with Crippen LogP contribution in [0.25, 0.3) is 10.9 Å². The number of aromatic nitrogens is 3. The summed E-state index contributed by atoms with van der Waals surface area (Å²) in [6, 6.07) is 9.32. The third-order valence-corrected chi connectivity index (χ3v) is 4.16. The molecule has 0 aliphatic heterocycles. The van der Waals surface area contributed by atoms with Crippen LogP contribution in [0, 0.1) is 17.0 Å². The van der Waals surface area contributed by atoms with Crippen LogP contribution in [0.5, 0.6) is 0 Å². The SMILES string of the molecule is CCN(CCO)c1ncnc(Nc2cccc3nc(C)ccc23)c1[N+](=O)[O-]. The maximum atomic E-state index is 11.7. The molecule has 0 bridgehead atoms. The van der Waals surface area contributed by atoms with Crippen LogP contribution < -0.4 is 10.2 Å². The first-order chi connectivity index (χ1) is 13.0. The highest BCUT2D eigenvalue weighted by molar-refractivity contribution is 5.94. The predicted molar refractivity (Wildman–Crippen MR) is 103 cm³/mol. The fourth-order valence-electron chi connectivity index (χ4n) is 2.89. The molecule has 0 aliphatic rings. The van der Waals surface area contributed by atoms with Crippen LogP contribution in [-0.2, 0) is 0 Å². The largest absolute Gasteiger partial charge is 0.395 e. The van der Waals surface area contributed by atoms with Crippen molar-refractivity contribution in [2.75, 3.05) is 29.9 Å². The van der Waals surface area contributed by atoms with Crippen molar-refractivity contribution in [1.82, 2.24) is 15.0 Å². The van der Waals surface area contributed by atoms with E-state index >= 15 is 0 Å². The second-order valence-electron chi connectivity index (χ2n) is 5.90. The minimum atomic E-state index is -0.509. The minimum Gasteiger partial charge on any atom is -0.395 e. The number of rotatable bonds is 7. The molecule has 2 N–H and O–H groups in total. The predicted octanol–water partition coefficient (Wildman–Crippen LogP) is 2.80. The van der Waals surface area contributed by atoms with Crippen molar-refractivity contribution in [1.29, 1.82) is 0 Å². The molecule has 9 nitrogen and oxygen atoms in total. The average Bonchev–Trinajstić information content (AvgIpc) is 2.65. The van der Waals surface area contributed by atoms with E-state index in [1.54, 1.807) is 4.90 Å². The van der Waals surface area contributed by atoms with Crippen molar-refractivity contribution >= 4 is 33.9 Å². The van der Waals surface area contributed by atoms with E-state index in [2.05, 4.69) is 20.3 Å². The first-order valence-corrected chi connectivity index (χ1v) is 8.53. The highest BCUT2D eigenvalue weighted by atomic mass is 16.6. The summed E-state index contributed by atoms with van der Waals surface area (Å²) in [5.74, 6) is 0.262. The van der Waals surface area contributed by atoms with Crippen LogP contribution in [0.1, 0.15) is 12.6 Å². The van der Waals surface area contributed by atoms with Crippen molar-refractivity contribution < 1.29 is 10.0 Å². The van der Waals surface area contributed by atoms with E-state index in [9.17, 15) is 15.2 Å². The van der Waals surface area contributed by atoms with E-state index in [4.69, 9.17) is 0 Å². The number of aliphatic hydroxyl groups excluding tert-OH is 1. The number of benzene rings is 1. The Morgan fingerprint density at radius 3 is 2.78 bits per heavy atom. The second-order valence-corrected chi connectivity index (χ2v) is 5.90. The van der Waals surface area contributed by atoms with Crippen LogP contribution in [0.3, 0.4) is 0 Å². The zero-order valence-corrected chi connectivity index (χ0v) is 15.1. The molecule has 0 atom stereocenters. The van der Waals surface area contributed by atoms with Gasteiger partial charge in [0, 0.05) is 29.9 Å². The molecule has 3 aromatic rings. The lowest BCUT2D eigenvalue weighted by Gasteiger charge is -2.21. The standard InChI is InChI=1S/C18H20N6O3/c1-3-23(9-10-25)18-16(24(26)27)17(19-11-20-18)22-15-6-4-5-14-13(15)8-7-12(2)21-14/h4-8,11,25H,3,9-10H2,1-2H3,(H,19,20,22). The summed E-state index contributed by atoms with van der Waals surface area (Å²) in [4.78, 5) is 25.5. The maximum absolute atomic E-state index is 11.7. The van der Waals surface area contributed by atoms with Gasteiger partial charge in [-0.15, -0.1) is 0 Å². The summed E-state index contributed by atoms with van der Waals surface area (Å²) >= 11 is 0. The molecule has 0 saturated carbocycles. The quantitative estimate of drug-likeness (QED) is 0.483. The molecule has 1 aromatic carbocycles. The lowest BCUT2D eigenvalue weighted by molar-refractivity contribution is -0.383. The average molecular weight is 368 g/mol. The van der Waals surface area contributed by atoms with E-state index in [1.165, 1.54) is 6.33 Å². The molecule has 0 aliphatic carbocycles. The van der Waals surface area contributed by atoms with Crippen molar-refractivity contribution in [3.63, 3.8) is 0 Å². The number of nitrogens with zero attached hydrogens (tertiary/aromatic N) is 5. The Morgan fingerprint density at radius 2 is 2.07 bits per heavy atom. The minimum absolute atomic E-state index is 0.0921. The molecule has 0 saturated heterocycles. The number of aliphatic hydroxyl groups is 1. The van der Waals surface area contributed by atoms with Gasteiger partial charge >= 0.3 is 5.69 Å². The summed E-state index contributed by atoms with van der Waals surface area (Å²) in [5, 5.41) is 24.9. The zero-order valence-electron chi connectivity index (χ0n) is 15.1. The van der Waals surface area contributed by atoms with Crippen LogP contribution in [0.4, 0.5) is 23.0 Å². The number of nitro groups is 1. The number of likely N-dealkylation sites (N-methyl/N-ethyl adjacent to an activating group) is 1. The number of hydrogen-bond acceptors (Lipinski definition) is 8. The van der Waals surface area contributed by atoms with E-state index in [0.717, 1.165) is 16.6 Å². The summed E-state index contributed by atoms with van der Waals surface area (Å²) in [6.07, 6.45) is 1.28. The summed E-state index contributed by atoms with van der Waals surface area (Å²) < 4.78 is 0. The molecular formula is C18H20N6O3. The Bertz CT molecular complexity index is 978. The van der Waals surface area contributed by atoms with Crippen molar-refractivity contribution in [3.05, 3.63) is 52.5 Å². The van der Waals surface area contributed by atoms with E-state index in [0.29, 0.717) is 12.2 Å². The summed E-state index contributed by atoms with van der Waals surface area (Å²) in [7, 11) is 0. The van der Waals surface area contributed by atoms with Gasteiger partial charge in [-0.1, -0.05) is 6.07 Å². The molecule has 0 radical (unpaired) electrons. The molecule has 140 valence electrons. The molecule has 0 spiro atoms. The van der Waals surface area contributed by atoms with Crippen molar-refractivity contribution in [2.24, 2.45) is 0 Å². The summed E-state index contributed by atoms with van der Waals surface area (Å²) in [6.45, 7) is 4.32. The van der Waals surface area contributed by atoms with E-state index < -0.39 is 4.92 Å². The Kier molecular flexibility index (Phi) is 5.41. The van der Waals surface area contributed by atoms with Crippen molar-refractivity contribution in [3.8, 4) is 0 Å². The fraction of sp³-hybridized carbons (Fsp3) is 0.278. The Hall–Kier alpha value is -3.33. The first kappa shape index (κ1) is 18.5. The molecular weight excluding hydrogens is 348 g/mol. The van der Waals surface area contributed by atoms with Gasteiger partial charge in [-0.2, -0.15) is 0 Å². The zero-order chi connectivity index (χ0) is 19.4. The number of nitrogens with one attached hydrogen (secondary N) is 1. The fourth-order valence-corrected chi connectivity index (χ4v) is 2.89. The highest BCUT2D eigenvalue weighted by Gasteiger charge is 2.26. The van der Waals surface area contributed by atoms with E-state index in [-0.39, 0.29) is 30.5 Å². The highest BCUT2D eigenvalue weighted by Crippen LogP contribution is 2.35. The third-order valence-electron chi connectivity index (χ3n) is 4.16. The normalized spacial score (nSPS) is 10.8. The van der Waals surface area contributed by atoms with Gasteiger partial charge in [-0.25, -0.2) is 9.97 Å². The molecule has 2 aromatic heterocycles. The maximum Gasteiger partial charge on any atom is 0.353 e. The first-order valence-electron chi connectivity index (χ1n) is 8.53. The Labute approximate surface area is 155 Å². The molecule has 3 rings (SSSR count). The van der Waals surface area contributed by atoms with Gasteiger partial charge in [0.2, 0.25) is 11.6 Å². The number of anilines is 3. The third kappa shape index (κ3) is 3.77. The van der Waals surface area contributed by atoms with Crippen LogP contribution in [-0.4, -0.2) is 44.7 Å². The van der Waals surface area contributed by atoms with Crippen molar-refractivity contribution in [2.45, 2.75) is 13.8 Å². The summed E-state index contributed by atoms with van der Waals surface area (Å²) in [5.41, 5.74) is 2.10. The second kappa shape index (κ2) is 7.92. The molecule has 0 unspecified atom stereocenters. The Morgan fingerprint density at radius 1 is 1.26 bits per heavy atom. The lowest BCUT2D eigenvalue weighted by Crippen LogP contribution is -2.28. The van der Waals surface area contributed by atoms with Gasteiger partial charge in [-0.3, -0.25) is 15.1 Å². The number of pyridine rings is 1. The van der Waals surface area contributed by atoms with Gasteiger partial charge in [0.05, 0.1) is 17.0 Å². The number of aryl methyl sites for hydroxylation is 1. The van der Waals surface area contributed by atoms with E-state index in [1.807, 2.05) is 44.2 Å².